The molecule has 136 valence electrons. The number of aryl methyl sites for hydroxylation is 1. The molecular formula is C19H28N4O2. The normalized spacial score (nSPS) is 20.5. The fourth-order valence-electron chi connectivity index (χ4n) is 3.26. The third kappa shape index (κ3) is 5.04. The maximum absolute atomic E-state index is 10.3. The number of aliphatic hydroxyl groups excluding tert-OH is 1. The lowest BCUT2D eigenvalue weighted by Gasteiger charge is -2.40. The molecule has 25 heavy (non-hydrogen) atoms. The van der Waals surface area contributed by atoms with Crippen LogP contribution in [0.1, 0.15) is 12.7 Å². The van der Waals surface area contributed by atoms with E-state index in [9.17, 15) is 5.11 Å². The second kappa shape index (κ2) is 8.47. The molecule has 0 spiro atoms. The highest BCUT2D eigenvalue weighted by Crippen LogP contribution is 2.14. The van der Waals surface area contributed by atoms with E-state index in [2.05, 4.69) is 26.3 Å². The average Bonchev–Trinajstić information content (AvgIpc) is 3.01. The minimum Gasteiger partial charge on any atom is -0.491 e. The first-order valence-corrected chi connectivity index (χ1v) is 8.90. The number of para-hydroxylation sites is 1. The van der Waals surface area contributed by atoms with Gasteiger partial charge in [-0.25, -0.2) is 4.98 Å². The molecule has 1 aliphatic heterocycles. The summed E-state index contributed by atoms with van der Waals surface area (Å²) < 4.78 is 7.72. The molecule has 2 heterocycles. The molecule has 3 rings (SSSR count). The number of hydrogen-bond acceptors (Lipinski definition) is 5. The van der Waals surface area contributed by atoms with Crippen LogP contribution in [0.3, 0.4) is 0 Å². The molecule has 0 unspecified atom stereocenters. The highest BCUT2D eigenvalue weighted by atomic mass is 16.5. The number of β-amino-alcohol motifs (C(OH)–C–C–N with tert-alkyl or cyclic N) is 1. The SMILES string of the molecule is C[C@@H]1CN(C[C@H](O)COc2ccccc2)CCN1Cc1nccn1C. The van der Waals surface area contributed by atoms with Crippen LogP contribution < -0.4 is 4.74 Å². The lowest BCUT2D eigenvalue weighted by Crippen LogP contribution is -2.53. The summed E-state index contributed by atoms with van der Waals surface area (Å²) >= 11 is 0. The second-order valence-electron chi connectivity index (χ2n) is 6.81. The van der Waals surface area contributed by atoms with Gasteiger partial charge in [-0.3, -0.25) is 9.80 Å². The van der Waals surface area contributed by atoms with Gasteiger partial charge in [0.1, 0.15) is 24.3 Å². The number of rotatable bonds is 7. The molecule has 1 aliphatic rings. The van der Waals surface area contributed by atoms with Crippen LogP contribution >= 0.6 is 0 Å². The van der Waals surface area contributed by atoms with Crippen LogP contribution in [0.5, 0.6) is 5.75 Å². The molecule has 1 aromatic heterocycles. The Morgan fingerprint density at radius 2 is 2.08 bits per heavy atom. The van der Waals surface area contributed by atoms with E-state index in [0.29, 0.717) is 19.2 Å². The third-order valence-corrected chi connectivity index (χ3v) is 4.77. The van der Waals surface area contributed by atoms with Crippen molar-refractivity contribution in [2.75, 3.05) is 32.8 Å². The van der Waals surface area contributed by atoms with Crippen LogP contribution in [0.4, 0.5) is 0 Å². The summed E-state index contributed by atoms with van der Waals surface area (Å²) in [4.78, 5) is 9.18. The van der Waals surface area contributed by atoms with Crippen molar-refractivity contribution in [1.82, 2.24) is 19.4 Å². The molecule has 0 amide bonds. The lowest BCUT2D eigenvalue weighted by atomic mass is 10.1. The predicted molar refractivity (Wildman–Crippen MR) is 97.5 cm³/mol. The van der Waals surface area contributed by atoms with Crippen LogP contribution in [0.2, 0.25) is 0 Å². The Labute approximate surface area is 149 Å². The molecule has 1 fully saturated rings. The van der Waals surface area contributed by atoms with E-state index in [1.165, 1.54) is 0 Å². The largest absolute Gasteiger partial charge is 0.491 e. The Hall–Kier alpha value is -1.89. The minimum absolute atomic E-state index is 0.325. The summed E-state index contributed by atoms with van der Waals surface area (Å²) in [7, 11) is 2.03. The van der Waals surface area contributed by atoms with Crippen LogP contribution in [-0.4, -0.2) is 69.4 Å². The van der Waals surface area contributed by atoms with Crippen molar-refractivity contribution >= 4 is 0 Å². The molecule has 0 saturated carbocycles. The Morgan fingerprint density at radius 3 is 2.76 bits per heavy atom. The molecular weight excluding hydrogens is 316 g/mol. The van der Waals surface area contributed by atoms with Crippen molar-refractivity contribution in [2.45, 2.75) is 25.6 Å². The Kier molecular flexibility index (Phi) is 6.07. The number of ether oxygens (including phenoxy) is 1. The maximum Gasteiger partial charge on any atom is 0.122 e. The fraction of sp³-hybridized carbons (Fsp3) is 0.526. The number of aromatic nitrogens is 2. The fourth-order valence-corrected chi connectivity index (χ4v) is 3.26. The average molecular weight is 344 g/mol. The van der Waals surface area contributed by atoms with E-state index in [0.717, 1.165) is 37.8 Å². The molecule has 2 aromatic rings. The molecule has 6 heteroatoms. The number of nitrogens with zero attached hydrogens (tertiary/aromatic N) is 4. The van der Waals surface area contributed by atoms with Gasteiger partial charge in [-0.05, 0) is 19.1 Å². The first-order chi connectivity index (χ1) is 12.1. The predicted octanol–water partition coefficient (Wildman–Crippen LogP) is 1.37. The van der Waals surface area contributed by atoms with E-state index in [1.54, 1.807) is 0 Å². The number of piperazine rings is 1. The first kappa shape index (κ1) is 17.9. The number of aliphatic hydroxyl groups is 1. The van der Waals surface area contributed by atoms with E-state index < -0.39 is 6.10 Å². The lowest BCUT2D eigenvalue weighted by molar-refractivity contribution is 0.0246. The Bertz CT molecular complexity index is 646. The number of benzene rings is 1. The van der Waals surface area contributed by atoms with Gasteiger partial charge in [0.2, 0.25) is 0 Å². The van der Waals surface area contributed by atoms with E-state index in [4.69, 9.17) is 4.74 Å². The van der Waals surface area contributed by atoms with Gasteiger partial charge in [0, 0.05) is 51.7 Å². The van der Waals surface area contributed by atoms with Gasteiger partial charge in [0.25, 0.3) is 0 Å². The van der Waals surface area contributed by atoms with Crippen LogP contribution in [0.25, 0.3) is 0 Å². The molecule has 0 radical (unpaired) electrons. The smallest absolute Gasteiger partial charge is 0.122 e. The zero-order valence-electron chi connectivity index (χ0n) is 15.1. The number of hydrogen-bond donors (Lipinski definition) is 1. The topological polar surface area (TPSA) is 53.8 Å². The van der Waals surface area contributed by atoms with E-state index in [1.807, 2.05) is 49.8 Å². The molecule has 2 atom stereocenters. The maximum atomic E-state index is 10.3. The monoisotopic (exact) mass is 344 g/mol. The molecule has 6 nitrogen and oxygen atoms in total. The van der Waals surface area contributed by atoms with Crippen molar-refractivity contribution in [1.29, 1.82) is 0 Å². The Morgan fingerprint density at radius 1 is 1.28 bits per heavy atom. The number of imidazole rings is 1. The van der Waals surface area contributed by atoms with Crippen molar-refractivity contribution in [2.24, 2.45) is 7.05 Å². The van der Waals surface area contributed by atoms with Crippen molar-refractivity contribution in [3.8, 4) is 5.75 Å². The Balaban J connectivity index is 1.42. The van der Waals surface area contributed by atoms with Gasteiger partial charge in [0.05, 0.1) is 6.54 Å². The third-order valence-electron chi connectivity index (χ3n) is 4.77. The quantitative estimate of drug-likeness (QED) is 0.822. The minimum atomic E-state index is -0.478. The summed E-state index contributed by atoms with van der Waals surface area (Å²) in [5.41, 5.74) is 0. The molecule has 1 saturated heterocycles. The van der Waals surface area contributed by atoms with Crippen LogP contribution in [0, 0.1) is 0 Å². The van der Waals surface area contributed by atoms with Gasteiger partial charge >= 0.3 is 0 Å². The molecule has 0 aliphatic carbocycles. The zero-order chi connectivity index (χ0) is 17.6. The second-order valence-corrected chi connectivity index (χ2v) is 6.81. The van der Waals surface area contributed by atoms with Crippen molar-refractivity contribution < 1.29 is 9.84 Å². The first-order valence-electron chi connectivity index (χ1n) is 8.90. The van der Waals surface area contributed by atoms with Crippen molar-refractivity contribution in [3.05, 3.63) is 48.5 Å². The van der Waals surface area contributed by atoms with Crippen molar-refractivity contribution in [3.63, 3.8) is 0 Å². The van der Waals surface area contributed by atoms with Gasteiger partial charge in [-0.1, -0.05) is 18.2 Å². The van der Waals surface area contributed by atoms with Crippen LogP contribution in [0.15, 0.2) is 42.7 Å². The van der Waals surface area contributed by atoms with Gasteiger partial charge in [-0.15, -0.1) is 0 Å². The van der Waals surface area contributed by atoms with Gasteiger partial charge in [0.15, 0.2) is 0 Å². The zero-order valence-corrected chi connectivity index (χ0v) is 15.1. The van der Waals surface area contributed by atoms with E-state index >= 15 is 0 Å². The van der Waals surface area contributed by atoms with Gasteiger partial charge in [-0.2, -0.15) is 0 Å². The molecule has 1 N–H and O–H groups in total. The van der Waals surface area contributed by atoms with Crippen LogP contribution in [-0.2, 0) is 13.6 Å². The highest BCUT2D eigenvalue weighted by Gasteiger charge is 2.25. The van der Waals surface area contributed by atoms with E-state index in [-0.39, 0.29) is 0 Å². The standard InChI is InChI=1S/C19H28N4O2/c1-16-12-22(10-11-23(16)14-19-20-8-9-21(19)2)13-17(24)15-25-18-6-4-3-5-7-18/h3-9,16-17,24H,10-15H2,1-2H3/t16-,17+/m1/s1. The van der Waals surface area contributed by atoms with Gasteiger partial charge < -0.3 is 14.4 Å². The molecule has 1 aromatic carbocycles. The summed E-state index contributed by atoms with van der Waals surface area (Å²) in [6.45, 7) is 6.98. The highest BCUT2D eigenvalue weighted by molar-refractivity contribution is 5.20. The summed E-state index contributed by atoms with van der Waals surface area (Å²) in [5.74, 6) is 1.89. The summed E-state index contributed by atoms with van der Waals surface area (Å²) in [5, 5.41) is 10.3. The summed E-state index contributed by atoms with van der Waals surface area (Å²) in [6.07, 6.45) is 3.35. The summed E-state index contributed by atoms with van der Waals surface area (Å²) in [6, 6.07) is 10.1. The molecule has 0 bridgehead atoms.